The number of ether oxygens (including phenoxy) is 1. The molecule has 0 unspecified atom stereocenters. The van der Waals surface area contributed by atoms with E-state index in [4.69, 9.17) is 16.9 Å². The summed E-state index contributed by atoms with van der Waals surface area (Å²) in [7, 11) is 0. The summed E-state index contributed by atoms with van der Waals surface area (Å²) in [6, 6.07) is 1.68. The maximum atomic E-state index is 10.8. The molecule has 0 amide bonds. The molecule has 1 saturated heterocycles. The van der Waals surface area contributed by atoms with Crippen LogP contribution < -0.4 is 5.73 Å². The molecule has 1 fully saturated rings. The van der Waals surface area contributed by atoms with Gasteiger partial charge in [-0.2, -0.15) is 0 Å². The maximum Gasteiger partial charge on any atom is 0.168 e. The summed E-state index contributed by atoms with van der Waals surface area (Å²) in [4.78, 5) is 8.03. The van der Waals surface area contributed by atoms with Crippen molar-refractivity contribution in [3.63, 3.8) is 0 Å². The van der Waals surface area contributed by atoms with Crippen molar-refractivity contribution < 1.29 is 20.1 Å². The molecular weight excluding hydrogens is 288 g/mol. The van der Waals surface area contributed by atoms with Crippen molar-refractivity contribution >= 4 is 16.9 Å². The van der Waals surface area contributed by atoms with Crippen molar-refractivity contribution in [2.24, 2.45) is 0 Å². The van der Waals surface area contributed by atoms with Gasteiger partial charge in [-0.25, -0.2) is 9.97 Å². The highest BCUT2D eigenvalue weighted by atomic mass is 16.6. The second-order valence-corrected chi connectivity index (χ2v) is 5.25. The Morgan fingerprint density at radius 1 is 1.50 bits per heavy atom. The zero-order valence-electron chi connectivity index (χ0n) is 11.6. The zero-order valence-corrected chi connectivity index (χ0v) is 11.6. The van der Waals surface area contributed by atoms with Crippen molar-refractivity contribution in [2.45, 2.75) is 30.5 Å². The lowest BCUT2D eigenvalue weighted by Gasteiger charge is -2.30. The predicted molar refractivity (Wildman–Crippen MR) is 77.3 cm³/mol. The fraction of sp³-hybridized carbons (Fsp3) is 0.429. The van der Waals surface area contributed by atoms with Crippen LogP contribution in [0.2, 0.25) is 0 Å². The van der Waals surface area contributed by atoms with Gasteiger partial charge in [-0.3, -0.25) is 0 Å². The maximum absolute atomic E-state index is 10.8. The number of nitrogen functional groups attached to an aromatic ring is 1. The molecule has 0 aromatic carbocycles. The molecular formula is C14H16N4O4. The van der Waals surface area contributed by atoms with Crippen LogP contribution >= 0.6 is 0 Å². The summed E-state index contributed by atoms with van der Waals surface area (Å²) >= 11 is 0. The van der Waals surface area contributed by atoms with E-state index in [9.17, 15) is 15.3 Å². The summed E-state index contributed by atoms with van der Waals surface area (Å²) in [6.07, 6.45) is 4.81. The molecule has 0 saturated carbocycles. The largest absolute Gasteiger partial charge is 0.394 e. The van der Waals surface area contributed by atoms with Crippen LogP contribution in [0.3, 0.4) is 0 Å². The molecule has 0 bridgehead atoms. The predicted octanol–water partition coefficient (Wildman–Crippen LogP) is -0.982. The second kappa shape index (κ2) is 5.23. The van der Waals surface area contributed by atoms with E-state index in [0.29, 0.717) is 16.9 Å². The molecule has 8 heteroatoms. The van der Waals surface area contributed by atoms with Crippen molar-refractivity contribution in [3.05, 3.63) is 18.6 Å². The Kier molecular flexibility index (Phi) is 3.50. The number of terminal acetylenes is 1. The Bertz CT molecular complexity index is 740. The number of aromatic nitrogens is 3. The van der Waals surface area contributed by atoms with Gasteiger partial charge in [-0.1, -0.05) is 0 Å². The highest BCUT2D eigenvalue weighted by Gasteiger charge is 2.55. The quantitative estimate of drug-likeness (QED) is 0.537. The highest BCUT2D eigenvalue weighted by Crippen LogP contribution is 2.42. The van der Waals surface area contributed by atoms with Gasteiger partial charge in [-0.15, -0.1) is 12.3 Å². The van der Waals surface area contributed by atoms with Gasteiger partial charge in [0.15, 0.2) is 6.23 Å². The Labute approximate surface area is 126 Å². The molecule has 3 rings (SSSR count). The number of nitrogens with zero attached hydrogens (tertiary/aromatic N) is 3. The highest BCUT2D eigenvalue weighted by molar-refractivity contribution is 5.86. The minimum Gasteiger partial charge on any atom is -0.394 e. The number of aliphatic hydroxyl groups excluding tert-OH is 2. The minimum absolute atomic E-state index is 0.143. The summed E-state index contributed by atoms with van der Waals surface area (Å²) in [6.45, 7) is -0.444. The molecule has 8 nitrogen and oxygen atoms in total. The fourth-order valence-electron chi connectivity index (χ4n) is 2.81. The van der Waals surface area contributed by atoms with Crippen molar-refractivity contribution in [3.8, 4) is 12.3 Å². The number of nitrogens with two attached hydrogens (primary N) is 1. The monoisotopic (exact) mass is 304 g/mol. The van der Waals surface area contributed by atoms with Crippen molar-refractivity contribution in [1.29, 1.82) is 0 Å². The fourth-order valence-corrected chi connectivity index (χ4v) is 2.81. The zero-order chi connectivity index (χ0) is 15.9. The topological polar surface area (TPSA) is 127 Å². The van der Waals surface area contributed by atoms with Crippen molar-refractivity contribution in [2.75, 3.05) is 12.3 Å². The van der Waals surface area contributed by atoms with Crippen LogP contribution in [0.25, 0.3) is 11.0 Å². The summed E-state index contributed by atoms with van der Waals surface area (Å²) in [5.74, 6) is 2.63. The van der Waals surface area contributed by atoms with Gasteiger partial charge in [-0.05, 0) is 6.07 Å². The lowest BCUT2D eigenvalue weighted by Crippen LogP contribution is -2.46. The van der Waals surface area contributed by atoms with E-state index in [1.807, 2.05) is 0 Å². The van der Waals surface area contributed by atoms with Gasteiger partial charge in [0.25, 0.3) is 0 Å². The molecule has 2 aromatic rings. The van der Waals surface area contributed by atoms with Crippen LogP contribution in [-0.2, 0) is 4.74 Å². The van der Waals surface area contributed by atoms with E-state index >= 15 is 0 Å². The van der Waals surface area contributed by atoms with Gasteiger partial charge in [0.1, 0.15) is 35.6 Å². The molecule has 22 heavy (non-hydrogen) atoms. The molecule has 2 aromatic heterocycles. The molecule has 5 N–H and O–H groups in total. The van der Waals surface area contributed by atoms with Gasteiger partial charge >= 0.3 is 0 Å². The van der Waals surface area contributed by atoms with E-state index in [1.54, 1.807) is 12.3 Å². The molecule has 3 heterocycles. The van der Waals surface area contributed by atoms with E-state index in [2.05, 4.69) is 15.9 Å². The summed E-state index contributed by atoms with van der Waals surface area (Å²) in [5, 5.41) is 30.9. The van der Waals surface area contributed by atoms with E-state index in [-0.39, 0.29) is 6.42 Å². The first kappa shape index (κ1) is 14.7. The first-order valence-electron chi connectivity index (χ1n) is 6.70. The van der Waals surface area contributed by atoms with Crippen LogP contribution in [0.4, 0.5) is 5.82 Å². The Morgan fingerprint density at radius 2 is 2.27 bits per heavy atom. The first-order chi connectivity index (χ1) is 10.5. The van der Waals surface area contributed by atoms with Gasteiger partial charge in [0, 0.05) is 12.6 Å². The number of rotatable bonds is 3. The number of hydrogen-bond donors (Lipinski definition) is 4. The van der Waals surface area contributed by atoms with Crippen LogP contribution in [0, 0.1) is 12.3 Å². The lowest BCUT2D eigenvalue weighted by molar-refractivity contribution is -0.104. The molecule has 1 aliphatic rings. The van der Waals surface area contributed by atoms with Gasteiger partial charge in [0.2, 0.25) is 0 Å². The average Bonchev–Trinajstić information content (AvgIpc) is 3.02. The SMILES string of the molecule is C#CC[C@@]1(O)[C@H](O)[C@@H](CO)O[C@H]1n1ccc2c(N)ncnc21. The van der Waals surface area contributed by atoms with E-state index in [1.165, 1.54) is 10.9 Å². The average molecular weight is 304 g/mol. The van der Waals surface area contributed by atoms with Gasteiger partial charge < -0.3 is 30.4 Å². The number of hydrogen-bond acceptors (Lipinski definition) is 7. The first-order valence-corrected chi connectivity index (χ1v) is 6.70. The normalized spacial score (nSPS) is 31.5. The third-order valence-electron chi connectivity index (χ3n) is 3.95. The number of anilines is 1. The second-order valence-electron chi connectivity index (χ2n) is 5.25. The summed E-state index contributed by atoms with van der Waals surface area (Å²) in [5.41, 5.74) is 4.49. The van der Waals surface area contributed by atoms with E-state index < -0.39 is 30.6 Å². The van der Waals surface area contributed by atoms with Crippen LogP contribution in [0.5, 0.6) is 0 Å². The summed E-state index contributed by atoms with van der Waals surface area (Å²) < 4.78 is 7.13. The van der Waals surface area contributed by atoms with E-state index in [0.717, 1.165) is 0 Å². The molecule has 0 spiro atoms. The molecule has 116 valence electrons. The van der Waals surface area contributed by atoms with Crippen LogP contribution in [-0.4, -0.2) is 54.3 Å². The third kappa shape index (κ3) is 1.95. The molecule has 4 atom stereocenters. The molecule has 1 aliphatic heterocycles. The van der Waals surface area contributed by atoms with Crippen LogP contribution in [0.15, 0.2) is 18.6 Å². The molecule has 0 radical (unpaired) electrons. The number of aliphatic hydroxyl groups is 3. The standard InChI is InChI=1S/C14H16N4O4/c1-2-4-14(21)10(20)9(6-19)22-13(14)18-5-3-8-11(15)16-7-17-12(8)18/h1,3,5,7,9-10,13,19-21H,4,6H2,(H2,15,16,17)/t9-,10-,13-,14-/m1/s1. The minimum atomic E-state index is -1.74. The lowest BCUT2D eigenvalue weighted by atomic mass is 9.91. The van der Waals surface area contributed by atoms with Gasteiger partial charge in [0.05, 0.1) is 12.0 Å². The smallest absolute Gasteiger partial charge is 0.168 e. The Hall–Kier alpha value is -2.18. The van der Waals surface area contributed by atoms with Crippen molar-refractivity contribution in [1.82, 2.24) is 14.5 Å². The Morgan fingerprint density at radius 3 is 2.95 bits per heavy atom. The molecule has 0 aliphatic carbocycles. The third-order valence-corrected chi connectivity index (χ3v) is 3.95. The van der Waals surface area contributed by atoms with Crippen LogP contribution in [0.1, 0.15) is 12.6 Å². The Balaban J connectivity index is 2.12. The number of fused-ring (bicyclic) bond motifs is 1.